The van der Waals surface area contributed by atoms with Crippen LogP contribution in [0.15, 0.2) is 35.3 Å². The van der Waals surface area contributed by atoms with Gasteiger partial charge < -0.3 is 5.11 Å². The molecule has 0 aliphatic carbocycles. The van der Waals surface area contributed by atoms with Crippen molar-refractivity contribution in [2.24, 2.45) is 0 Å². The Morgan fingerprint density at radius 2 is 2.31 bits per heavy atom. The van der Waals surface area contributed by atoms with Gasteiger partial charge in [-0.3, -0.25) is 0 Å². The fourth-order valence-electron chi connectivity index (χ4n) is 1.11. The standard InChI is InChI=1S/C11H13BrO/c1-3-4-11(13)9-6-5-8(2)10(12)7-9/h3,5-7,11,13H,1,4H2,2H3. The quantitative estimate of drug-likeness (QED) is 0.804. The Kier molecular flexibility index (Phi) is 3.70. The van der Waals surface area contributed by atoms with Gasteiger partial charge in [0, 0.05) is 4.47 Å². The van der Waals surface area contributed by atoms with E-state index in [0.717, 1.165) is 10.0 Å². The summed E-state index contributed by atoms with van der Waals surface area (Å²) < 4.78 is 1.04. The highest BCUT2D eigenvalue weighted by atomic mass is 79.9. The van der Waals surface area contributed by atoms with Gasteiger partial charge in [-0.1, -0.05) is 34.1 Å². The van der Waals surface area contributed by atoms with Crippen LogP contribution in [-0.4, -0.2) is 5.11 Å². The molecule has 1 unspecified atom stereocenters. The molecule has 1 aromatic rings. The Bertz CT molecular complexity index is 307. The van der Waals surface area contributed by atoms with Crippen LogP contribution in [0.25, 0.3) is 0 Å². The molecule has 1 aromatic carbocycles. The molecule has 1 N–H and O–H groups in total. The zero-order valence-electron chi connectivity index (χ0n) is 7.63. The van der Waals surface area contributed by atoms with Crippen LogP contribution in [0.4, 0.5) is 0 Å². The van der Waals surface area contributed by atoms with Gasteiger partial charge in [-0.05, 0) is 30.5 Å². The summed E-state index contributed by atoms with van der Waals surface area (Å²) in [5.41, 5.74) is 2.10. The number of rotatable bonds is 3. The van der Waals surface area contributed by atoms with Crippen molar-refractivity contribution in [1.82, 2.24) is 0 Å². The highest BCUT2D eigenvalue weighted by Gasteiger charge is 2.06. The van der Waals surface area contributed by atoms with Crippen LogP contribution >= 0.6 is 15.9 Å². The van der Waals surface area contributed by atoms with E-state index in [0.29, 0.717) is 6.42 Å². The molecule has 0 aromatic heterocycles. The predicted molar refractivity (Wildman–Crippen MR) is 58.7 cm³/mol. The molecule has 1 atom stereocenters. The Morgan fingerprint density at radius 1 is 1.62 bits per heavy atom. The number of aryl methyl sites for hydroxylation is 1. The number of benzene rings is 1. The molecule has 2 heteroatoms. The smallest absolute Gasteiger partial charge is 0.0824 e. The van der Waals surface area contributed by atoms with Crippen molar-refractivity contribution in [2.75, 3.05) is 0 Å². The van der Waals surface area contributed by atoms with Crippen molar-refractivity contribution in [3.63, 3.8) is 0 Å². The molecule has 0 saturated carbocycles. The van der Waals surface area contributed by atoms with Crippen molar-refractivity contribution in [3.8, 4) is 0 Å². The lowest BCUT2D eigenvalue weighted by molar-refractivity contribution is 0.181. The van der Waals surface area contributed by atoms with E-state index in [2.05, 4.69) is 22.5 Å². The number of aliphatic hydroxyl groups excluding tert-OH is 1. The minimum absolute atomic E-state index is 0.436. The average molecular weight is 241 g/mol. The topological polar surface area (TPSA) is 20.2 Å². The van der Waals surface area contributed by atoms with E-state index in [9.17, 15) is 5.11 Å². The number of aliphatic hydroxyl groups is 1. The summed E-state index contributed by atoms with van der Waals surface area (Å²) in [5, 5.41) is 9.64. The first-order valence-electron chi connectivity index (χ1n) is 4.20. The summed E-state index contributed by atoms with van der Waals surface area (Å²) >= 11 is 3.43. The van der Waals surface area contributed by atoms with Gasteiger partial charge in [0.15, 0.2) is 0 Å². The molecule has 13 heavy (non-hydrogen) atoms. The maximum atomic E-state index is 9.64. The lowest BCUT2D eigenvalue weighted by Gasteiger charge is -2.09. The van der Waals surface area contributed by atoms with E-state index in [4.69, 9.17) is 0 Å². The number of hydrogen-bond donors (Lipinski definition) is 1. The normalized spacial score (nSPS) is 12.5. The minimum Gasteiger partial charge on any atom is -0.388 e. The summed E-state index contributed by atoms with van der Waals surface area (Å²) in [6.45, 7) is 5.62. The third-order valence-corrected chi connectivity index (χ3v) is 2.82. The summed E-state index contributed by atoms with van der Waals surface area (Å²) in [6.07, 6.45) is 1.88. The van der Waals surface area contributed by atoms with Gasteiger partial charge in [-0.25, -0.2) is 0 Å². The van der Waals surface area contributed by atoms with E-state index in [1.807, 2.05) is 25.1 Å². The van der Waals surface area contributed by atoms with Crippen molar-refractivity contribution < 1.29 is 5.11 Å². The summed E-state index contributed by atoms with van der Waals surface area (Å²) in [4.78, 5) is 0. The van der Waals surface area contributed by atoms with Crippen molar-refractivity contribution in [2.45, 2.75) is 19.4 Å². The molecule has 1 rings (SSSR count). The first-order chi connectivity index (χ1) is 6.15. The first kappa shape index (κ1) is 10.5. The SMILES string of the molecule is C=CCC(O)c1ccc(C)c(Br)c1. The lowest BCUT2D eigenvalue weighted by Crippen LogP contribution is -1.95. The minimum atomic E-state index is -0.436. The van der Waals surface area contributed by atoms with Gasteiger partial charge in [0.2, 0.25) is 0 Å². The second-order valence-corrected chi connectivity index (χ2v) is 3.90. The molecule has 0 amide bonds. The van der Waals surface area contributed by atoms with Gasteiger partial charge in [0.1, 0.15) is 0 Å². The van der Waals surface area contributed by atoms with Gasteiger partial charge in [-0.15, -0.1) is 6.58 Å². The molecule has 0 fully saturated rings. The molecule has 0 heterocycles. The second kappa shape index (κ2) is 4.58. The van der Waals surface area contributed by atoms with Crippen LogP contribution < -0.4 is 0 Å². The second-order valence-electron chi connectivity index (χ2n) is 3.05. The molecule has 70 valence electrons. The predicted octanol–water partition coefficient (Wildman–Crippen LogP) is 3.37. The fourth-order valence-corrected chi connectivity index (χ4v) is 1.51. The molecule has 0 aliphatic heterocycles. The molecule has 1 nitrogen and oxygen atoms in total. The average Bonchev–Trinajstić information content (AvgIpc) is 2.10. The zero-order valence-corrected chi connectivity index (χ0v) is 9.21. The first-order valence-corrected chi connectivity index (χ1v) is 4.99. The van der Waals surface area contributed by atoms with Crippen LogP contribution in [0, 0.1) is 6.92 Å². The summed E-state index contributed by atoms with van der Waals surface area (Å²) in [5.74, 6) is 0. The lowest BCUT2D eigenvalue weighted by atomic mass is 10.1. The van der Waals surface area contributed by atoms with Crippen LogP contribution in [-0.2, 0) is 0 Å². The van der Waals surface area contributed by atoms with E-state index >= 15 is 0 Å². The molecule has 0 aliphatic rings. The van der Waals surface area contributed by atoms with E-state index in [1.54, 1.807) is 6.08 Å². The van der Waals surface area contributed by atoms with Gasteiger partial charge >= 0.3 is 0 Å². The number of halogens is 1. The molecule has 0 radical (unpaired) electrons. The van der Waals surface area contributed by atoms with Gasteiger partial charge in [0.05, 0.1) is 6.10 Å². The van der Waals surface area contributed by atoms with Crippen LogP contribution in [0.2, 0.25) is 0 Å². The van der Waals surface area contributed by atoms with E-state index in [-0.39, 0.29) is 0 Å². The third kappa shape index (κ3) is 2.68. The van der Waals surface area contributed by atoms with Gasteiger partial charge in [-0.2, -0.15) is 0 Å². The van der Waals surface area contributed by atoms with E-state index in [1.165, 1.54) is 5.56 Å². The monoisotopic (exact) mass is 240 g/mol. The Morgan fingerprint density at radius 3 is 2.85 bits per heavy atom. The van der Waals surface area contributed by atoms with Crippen molar-refractivity contribution >= 4 is 15.9 Å². The van der Waals surface area contributed by atoms with Crippen LogP contribution in [0.1, 0.15) is 23.7 Å². The molecule has 0 bridgehead atoms. The van der Waals surface area contributed by atoms with Crippen LogP contribution in [0.5, 0.6) is 0 Å². The maximum Gasteiger partial charge on any atom is 0.0824 e. The summed E-state index contributed by atoms with van der Waals surface area (Å²) in [6, 6.07) is 5.88. The van der Waals surface area contributed by atoms with Crippen LogP contribution in [0.3, 0.4) is 0 Å². The molecular weight excluding hydrogens is 228 g/mol. The van der Waals surface area contributed by atoms with Gasteiger partial charge in [0.25, 0.3) is 0 Å². The summed E-state index contributed by atoms with van der Waals surface area (Å²) in [7, 11) is 0. The number of hydrogen-bond acceptors (Lipinski definition) is 1. The van der Waals surface area contributed by atoms with Crippen molar-refractivity contribution in [3.05, 3.63) is 46.5 Å². The largest absolute Gasteiger partial charge is 0.388 e. The molecular formula is C11H13BrO. The Balaban J connectivity index is 2.89. The highest BCUT2D eigenvalue weighted by molar-refractivity contribution is 9.10. The zero-order chi connectivity index (χ0) is 9.84. The highest BCUT2D eigenvalue weighted by Crippen LogP contribution is 2.23. The Hall–Kier alpha value is -0.600. The van der Waals surface area contributed by atoms with Crippen molar-refractivity contribution in [1.29, 1.82) is 0 Å². The maximum absolute atomic E-state index is 9.64. The van der Waals surface area contributed by atoms with E-state index < -0.39 is 6.10 Å². The fraction of sp³-hybridized carbons (Fsp3) is 0.273. The Labute approximate surface area is 87.2 Å². The third-order valence-electron chi connectivity index (χ3n) is 1.97. The molecule has 0 spiro atoms. The molecule has 0 saturated heterocycles.